The number of hydrogen-bond donors (Lipinski definition) is 2. The summed E-state index contributed by atoms with van der Waals surface area (Å²) in [4.78, 5) is 24.5. The molecule has 0 radical (unpaired) electrons. The molecule has 0 aliphatic heterocycles. The second-order valence-corrected chi connectivity index (χ2v) is 5.21. The molecular formula is C15H20N2O3. The van der Waals surface area contributed by atoms with Gasteiger partial charge >= 0.3 is 12.0 Å². The highest BCUT2D eigenvalue weighted by atomic mass is 16.4. The summed E-state index contributed by atoms with van der Waals surface area (Å²) in [6.07, 6.45) is 3.09. The molecule has 2 N–H and O–H groups in total. The van der Waals surface area contributed by atoms with Gasteiger partial charge in [-0.2, -0.15) is 0 Å². The number of anilines is 1. The summed E-state index contributed by atoms with van der Waals surface area (Å²) in [7, 11) is 0. The molecule has 1 aliphatic carbocycles. The summed E-state index contributed by atoms with van der Waals surface area (Å²) in [6.45, 7) is 2.15. The fourth-order valence-corrected chi connectivity index (χ4v) is 2.09. The number of carbonyl (C=O) groups is 2. The Balaban J connectivity index is 2.07. The Kier molecular flexibility index (Phi) is 4.61. The second-order valence-electron chi connectivity index (χ2n) is 5.21. The van der Waals surface area contributed by atoms with Crippen molar-refractivity contribution in [2.45, 2.75) is 38.6 Å². The molecule has 1 saturated carbocycles. The van der Waals surface area contributed by atoms with Crippen LogP contribution in [0, 0.1) is 6.92 Å². The zero-order valence-corrected chi connectivity index (χ0v) is 11.6. The van der Waals surface area contributed by atoms with Gasteiger partial charge in [-0.05, 0) is 38.3 Å². The number of nitrogens with zero attached hydrogens (tertiary/aromatic N) is 1. The molecule has 5 nitrogen and oxygen atoms in total. The Morgan fingerprint density at radius 1 is 1.30 bits per heavy atom. The zero-order valence-electron chi connectivity index (χ0n) is 11.6. The highest BCUT2D eigenvalue weighted by Gasteiger charge is 2.23. The van der Waals surface area contributed by atoms with E-state index in [0.29, 0.717) is 0 Å². The highest BCUT2D eigenvalue weighted by molar-refractivity contribution is 5.92. The molecule has 0 saturated heterocycles. The van der Waals surface area contributed by atoms with E-state index in [9.17, 15) is 9.59 Å². The number of aryl methyl sites for hydroxylation is 1. The summed E-state index contributed by atoms with van der Waals surface area (Å²) in [5.41, 5.74) is 1.83. The van der Waals surface area contributed by atoms with Gasteiger partial charge in [0.25, 0.3) is 0 Å². The van der Waals surface area contributed by atoms with Crippen molar-refractivity contribution in [3.63, 3.8) is 0 Å². The molecule has 2 rings (SSSR count). The lowest BCUT2D eigenvalue weighted by atomic mass is 9.93. The van der Waals surface area contributed by atoms with Crippen LogP contribution in [-0.2, 0) is 4.79 Å². The van der Waals surface area contributed by atoms with E-state index in [1.165, 1.54) is 4.90 Å². The minimum absolute atomic E-state index is 0.0635. The van der Waals surface area contributed by atoms with Crippen molar-refractivity contribution < 1.29 is 14.7 Å². The summed E-state index contributed by atoms with van der Waals surface area (Å²) < 4.78 is 0. The number of urea groups is 1. The lowest BCUT2D eigenvalue weighted by molar-refractivity contribution is -0.136. The first-order valence-electron chi connectivity index (χ1n) is 6.93. The third kappa shape index (κ3) is 3.73. The van der Waals surface area contributed by atoms with Gasteiger partial charge in [0.05, 0.1) is 6.42 Å². The third-order valence-corrected chi connectivity index (χ3v) is 3.57. The first-order chi connectivity index (χ1) is 9.56. The Bertz CT molecular complexity index is 480. The molecule has 0 aromatic heterocycles. The van der Waals surface area contributed by atoms with Gasteiger partial charge < -0.3 is 10.4 Å². The fourth-order valence-electron chi connectivity index (χ4n) is 2.09. The van der Waals surface area contributed by atoms with Crippen LogP contribution < -0.4 is 10.2 Å². The van der Waals surface area contributed by atoms with E-state index in [-0.39, 0.29) is 25.0 Å². The Morgan fingerprint density at radius 2 is 1.95 bits per heavy atom. The number of carbonyl (C=O) groups excluding carboxylic acids is 1. The average molecular weight is 276 g/mol. The SMILES string of the molecule is Cc1ccc(N(CCC(=O)O)C(=O)NC2CCC2)cc1. The van der Waals surface area contributed by atoms with E-state index in [2.05, 4.69) is 5.32 Å². The largest absolute Gasteiger partial charge is 0.481 e. The predicted octanol–water partition coefficient (Wildman–Crippen LogP) is 2.54. The van der Waals surface area contributed by atoms with E-state index < -0.39 is 5.97 Å². The van der Waals surface area contributed by atoms with Crippen LogP contribution in [0.4, 0.5) is 10.5 Å². The maximum Gasteiger partial charge on any atom is 0.322 e. The molecule has 1 aromatic rings. The van der Waals surface area contributed by atoms with Gasteiger partial charge in [-0.25, -0.2) is 4.79 Å². The van der Waals surface area contributed by atoms with Crippen LogP contribution in [0.25, 0.3) is 0 Å². The number of hydrogen-bond acceptors (Lipinski definition) is 2. The Morgan fingerprint density at radius 3 is 2.45 bits per heavy atom. The van der Waals surface area contributed by atoms with E-state index >= 15 is 0 Å². The number of benzene rings is 1. The molecule has 1 aromatic carbocycles. The number of carboxylic acid groups (broad SMARTS) is 1. The molecule has 0 bridgehead atoms. The smallest absolute Gasteiger partial charge is 0.322 e. The number of rotatable bonds is 5. The molecule has 5 heteroatoms. The molecule has 2 amide bonds. The van der Waals surface area contributed by atoms with Crippen LogP contribution in [0.5, 0.6) is 0 Å². The van der Waals surface area contributed by atoms with Crippen LogP contribution in [0.2, 0.25) is 0 Å². The van der Waals surface area contributed by atoms with Gasteiger partial charge in [-0.3, -0.25) is 9.69 Å². The van der Waals surface area contributed by atoms with Gasteiger partial charge in [-0.15, -0.1) is 0 Å². The lowest BCUT2D eigenvalue weighted by Crippen LogP contribution is -2.48. The first-order valence-corrected chi connectivity index (χ1v) is 6.93. The van der Waals surface area contributed by atoms with Crippen molar-refractivity contribution in [2.75, 3.05) is 11.4 Å². The number of aliphatic carboxylic acids is 1. The maximum atomic E-state index is 12.3. The van der Waals surface area contributed by atoms with E-state index in [1.54, 1.807) is 0 Å². The lowest BCUT2D eigenvalue weighted by Gasteiger charge is -2.30. The van der Waals surface area contributed by atoms with Gasteiger partial charge in [0.1, 0.15) is 0 Å². The number of carboxylic acids is 1. The topological polar surface area (TPSA) is 69.6 Å². The second kappa shape index (κ2) is 6.41. The summed E-state index contributed by atoms with van der Waals surface area (Å²) in [6, 6.07) is 7.55. The standard InChI is InChI=1S/C15H20N2O3/c1-11-5-7-13(8-6-11)17(10-9-14(18)19)15(20)16-12-3-2-4-12/h5-8,12H,2-4,9-10H2,1H3,(H,16,20)(H,18,19). The highest BCUT2D eigenvalue weighted by Crippen LogP contribution is 2.20. The Hall–Kier alpha value is -2.04. The van der Waals surface area contributed by atoms with Crippen molar-refractivity contribution in [1.29, 1.82) is 0 Å². The fraction of sp³-hybridized carbons (Fsp3) is 0.467. The normalized spacial score (nSPS) is 14.4. The van der Waals surface area contributed by atoms with E-state index in [1.807, 2.05) is 31.2 Å². The average Bonchev–Trinajstić information content (AvgIpc) is 2.36. The molecule has 0 spiro atoms. The maximum absolute atomic E-state index is 12.3. The van der Waals surface area contributed by atoms with Crippen LogP contribution in [0.15, 0.2) is 24.3 Å². The van der Waals surface area contributed by atoms with Crippen LogP contribution in [0.1, 0.15) is 31.2 Å². The van der Waals surface area contributed by atoms with E-state index in [4.69, 9.17) is 5.11 Å². The van der Waals surface area contributed by atoms with Crippen molar-refractivity contribution in [1.82, 2.24) is 5.32 Å². The zero-order chi connectivity index (χ0) is 14.5. The van der Waals surface area contributed by atoms with Crippen LogP contribution in [-0.4, -0.2) is 29.7 Å². The van der Waals surface area contributed by atoms with Gasteiger partial charge in [0.2, 0.25) is 0 Å². The first kappa shape index (κ1) is 14.4. The van der Waals surface area contributed by atoms with Gasteiger partial charge in [0.15, 0.2) is 0 Å². The Labute approximate surface area is 118 Å². The minimum atomic E-state index is -0.904. The monoisotopic (exact) mass is 276 g/mol. The van der Waals surface area contributed by atoms with Crippen molar-refractivity contribution >= 4 is 17.7 Å². The van der Waals surface area contributed by atoms with Crippen molar-refractivity contribution in [2.24, 2.45) is 0 Å². The molecule has 0 unspecified atom stereocenters. The molecule has 20 heavy (non-hydrogen) atoms. The van der Waals surface area contributed by atoms with Gasteiger partial charge in [0, 0.05) is 18.3 Å². The quantitative estimate of drug-likeness (QED) is 0.868. The number of nitrogens with one attached hydrogen (secondary N) is 1. The molecule has 0 heterocycles. The molecule has 108 valence electrons. The molecular weight excluding hydrogens is 256 g/mol. The van der Waals surface area contributed by atoms with Crippen LogP contribution >= 0.6 is 0 Å². The summed E-state index contributed by atoms with van der Waals surface area (Å²) in [5.74, 6) is -0.904. The molecule has 1 fully saturated rings. The van der Waals surface area contributed by atoms with E-state index in [0.717, 1.165) is 30.5 Å². The van der Waals surface area contributed by atoms with Gasteiger partial charge in [-0.1, -0.05) is 17.7 Å². The predicted molar refractivity (Wildman–Crippen MR) is 76.9 cm³/mol. The van der Waals surface area contributed by atoms with Crippen molar-refractivity contribution in [3.05, 3.63) is 29.8 Å². The minimum Gasteiger partial charge on any atom is -0.481 e. The van der Waals surface area contributed by atoms with Crippen molar-refractivity contribution in [3.8, 4) is 0 Å². The summed E-state index contributed by atoms with van der Waals surface area (Å²) in [5, 5.41) is 11.8. The number of amides is 2. The molecule has 1 aliphatic rings. The van der Waals surface area contributed by atoms with Crippen LogP contribution in [0.3, 0.4) is 0 Å². The third-order valence-electron chi connectivity index (χ3n) is 3.57. The molecule has 0 atom stereocenters. The summed E-state index contributed by atoms with van der Waals surface area (Å²) >= 11 is 0.